The van der Waals surface area contributed by atoms with E-state index >= 15 is 0 Å². The zero-order valence-corrected chi connectivity index (χ0v) is 13.1. The van der Waals surface area contributed by atoms with Crippen molar-refractivity contribution < 1.29 is 18.3 Å². The number of carbonyl (C=O) groups is 1. The quantitative estimate of drug-likeness (QED) is 0.863. The predicted octanol–water partition coefficient (Wildman–Crippen LogP) is 2.69. The van der Waals surface area contributed by atoms with E-state index < -0.39 is 11.6 Å². The molecule has 2 aromatic carbocycles. The van der Waals surface area contributed by atoms with E-state index in [2.05, 4.69) is 0 Å². The molecule has 0 N–H and O–H groups in total. The topological polar surface area (TPSA) is 32.8 Å². The molecule has 1 fully saturated rings. The molecule has 4 nitrogen and oxygen atoms in total. The molecule has 1 heterocycles. The highest BCUT2D eigenvalue weighted by Gasteiger charge is 2.23. The number of rotatable bonds is 4. The molecule has 24 heavy (non-hydrogen) atoms. The van der Waals surface area contributed by atoms with Gasteiger partial charge in [-0.05, 0) is 24.3 Å². The van der Waals surface area contributed by atoms with Crippen LogP contribution >= 0.6 is 0 Å². The molecule has 1 aliphatic heterocycles. The molecule has 0 spiro atoms. The fraction of sp³-hybridized carbons (Fsp3) is 0.278. The number of hydrogen-bond acceptors (Lipinski definition) is 3. The van der Waals surface area contributed by atoms with Crippen LogP contribution in [-0.2, 0) is 4.79 Å². The maximum Gasteiger partial charge on any atom is 0.260 e. The summed E-state index contributed by atoms with van der Waals surface area (Å²) < 4.78 is 32.3. The molecule has 0 bridgehead atoms. The second kappa shape index (κ2) is 7.29. The van der Waals surface area contributed by atoms with Gasteiger partial charge in [0.1, 0.15) is 17.4 Å². The van der Waals surface area contributed by atoms with E-state index in [1.807, 2.05) is 23.1 Å². The number of halogens is 2. The van der Waals surface area contributed by atoms with Crippen LogP contribution in [0.3, 0.4) is 0 Å². The molecule has 6 heteroatoms. The van der Waals surface area contributed by atoms with Crippen molar-refractivity contribution in [1.29, 1.82) is 0 Å². The third-order valence-electron chi connectivity index (χ3n) is 3.99. The number of carbonyl (C=O) groups excluding carboxylic acids is 1. The van der Waals surface area contributed by atoms with Crippen LogP contribution in [0, 0.1) is 11.6 Å². The van der Waals surface area contributed by atoms with E-state index in [1.165, 1.54) is 12.1 Å². The highest BCUT2D eigenvalue weighted by Crippen LogP contribution is 2.21. The summed E-state index contributed by atoms with van der Waals surface area (Å²) in [6, 6.07) is 12.7. The van der Waals surface area contributed by atoms with E-state index in [0.29, 0.717) is 37.6 Å². The zero-order chi connectivity index (χ0) is 16.9. The van der Waals surface area contributed by atoms with Crippen molar-refractivity contribution in [3.05, 3.63) is 60.2 Å². The lowest BCUT2D eigenvalue weighted by atomic mass is 10.2. The fourth-order valence-electron chi connectivity index (χ4n) is 2.69. The molecule has 0 saturated carbocycles. The monoisotopic (exact) mass is 332 g/mol. The molecule has 126 valence electrons. The summed E-state index contributed by atoms with van der Waals surface area (Å²) in [5.41, 5.74) is 0.365. The number of para-hydroxylation sites is 1. The van der Waals surface area contributed by atoms with Crippen LogP contribution in [0.5, 0.6) is 5.75 Å². The average Bonchev–Trinajstić information content (AvgIpc) is 2.61. The van der Waals surface area contributed by atoms with Crippen LogP contribution in [0.25, 0.3) is 0 Å². The van der Waals surface area contributed by atoms with E-state index in [-0.39, 0.29) is 12.5 Å². The SMILES string of the molecule is O=C(COc1ccccc1)N1CCN(c2ccc(F)cc2F)CC1. The summed E-state index contributed by atoms with van der Waals surface area (Å²) in [6.45, 7) is 1.94. The van der Waals surface area contributed by atoms with E-state index in [9.17, 15) is 13.6 Å². The Bertz CT molecular complexity index is 701. The first-order valence-electron chi connectivity index (χ1n) is 7.79. The Balaban J connectivity index is 1.52. The van der Waals surface area contributed by atoms with Gasteiger partial charge in [0.05, 0.1) is 5.69 Å². The Morgan fingerprint density at radius 2 is 1.71 bits per heavy atom. The first kappa shape index (κ1) is 16.2. The van der Waals surface area contributed by atoms with Gasteiger partial charge >= 0.3 is 0 Å². The van der Waals surface area contributed by atoms with Crippen LogP contribution in [0.15, 0.2) is 48.5 Å². The van der Waals surface area contributed by atoms with Gasteiger partial charge in [-0.3, -0.25) is 4.79 Å². The first-order chi connectivity index (χ1) is 11.6. The third kappa shape index (κ3) is 3.82. The molecule has 0 aromatic heterocycles. The summed E-state index contributed by atoms with van der Waals surface area (Å²) in [5.74, 6) is -0.624. The van der Waals surface area contributed by atoms with Gasteiger partial charge in [-0.15, -0.1) is 0 Å². The van der Waals surface area contributed by atoms with Crippen molar-refractivity contribution in [1.82, 2.24) is 4.90 Å². The molecule has 3 rings (SSSR count). The summed E-state index contributed by atoms with van der Waals surface area (Å²) in [5, 5.41) is 0. The van der Waals surface area contributed by atoms with Crippen molar-refractivity contribution >= 4 is 11.6 Å². The first-order valence-corrected chi connectivity index (χ1v) is 7.79. The highest BCUT2D eigenvalue weighted by atomic mass is 19.1. The number of ether oxygens (including phenoxy) is 1. The largest absolute Gasteiger partial charge is 0.484 e. The number of nitrogens with zero attached hydrogens (tertiary/aromatic N) is 2. The number of hydrogen-bond donors (Lipinski definition) is 0. The standard InChI is InChI=1S/C18H18F2N2O2/c19-14-6-7-17(16(20)12-14)21-8-10-22(11-9-21)18(23)13-24-15-4-2-1-3-5-15/h1-7,12H,8-11,13H2. The molecular formula is C18H18F2N2O2. The van der Waals surface area contributed by atoms with Gasteiger partial charge in [0.15, 0.2) is 6.61 Å². The summed E-state index contributed by atoms with van der Waals surface area (Å²) >= 11 is 0. The molecule has 0 unspecified atom stereocenters. The predicted molar refractivity (Wildman–Crippen MR) is 87.1 cm³/mol. The lowest BCUT2D eigenvalue weighted by Gasteiger charge is -2.36. The Morgan fingerprint density at radius 3 is 2.38 bits per heavy atom. The Morgan fingerprint density at radius 1 is 1.00 bits per heavy atom. The Kier molecular flexibility index (Phi) is 4.93. The molecule has 0 atom stereocenters. The number of anilines is 1. The summed E-state index contributed by atoms with van der Waals surface area (Å²) in [6.07, 6.45) is 0. The van der Waals surface area contributed by atoms with Crippen LogP contribution in [0.2, 0.25) is 0 Å². The van der Waals surface area contributed by atoms with Crippen LogP contribution in [-0.4, -0.2) is 43.6 Å². The van der Waals surface area contributed by atoms with Crippen LogP contribution < -0.4 is 9.64 Å². The molecule has 2 aromatic rings. The van der Waals surface area contributed by atoms with Gasteiger partial charge in [0, 0.05) is 32.2 Å². The average molecular weight is 332 g/mol. The second-order valence-electron chi connectivity index (χ2n) is 5.57. The van der Waals surface area contributed by atoms with Crippen LogP contribution in [0.4, 0.5) is 14.5 Å². The second-order valence-corrected chi connectivity index (χ2v) is 5.57. The minimum Gasteiger partial charge on any atom is -0.484 e. The van der Waals surface area contributed by atoms with Crippen LogP contribution in [0.1, 0.15) is 0 Å². The van der Waals surface area contributed by atoms with E-state index in [1.54, 1.807) is 17.0 Å². The van der Waals surface area contributed by atoms with Gasteiger partial charge in [0.25, 0.3) is 5.91 Å². The van der Waals surface area contributed by atoms with Gasteiger partial charge in [-0.2, -0.15) is 0 Å². The summed E-state index contributed by atoms with van der Waals surface area (Å²) in [4.78, 5) is 15.7. The smallest absolute Gasteiger partial charge is 0.260 e. The van der Waals surface area contributed by atoms with Crippen molar-refractivity contribution in [3.8, 4) is 5.75 Å². The third-order valence-corrected chi connectivity index (χ3v) is 3.99. The fourth-order valence-corrected chi connectivity index (χ4v) is 2.69. The maximum atomic E-state index is 13.8. The Hall–Kier alpha value is -2.63. The van der Waals surface area contributed by atoms with Crippen molar-refractivity contribution in [2.75, 3.05) is 37.7 Å². The number of piperazine rings is 1. The van der Waals surface area contributed by atoms with Gasteiger partial charge in [0.2, 0.25) is 0 Å². The normalized spacial score (nSPS) is 14.6. The molecule has 1 aliphatic rings. The highest BCUT2D eigenvalue weighted by molar-refractivity contribution is 5.78. The lowest BCUT2D eigenvalue weighted by molar-refractivity contribution is -0.133. The maximum absolute atomic E-state index is 13.8. The number of benzene rings is 2. The van der Waals surface area contributed by atoms with Crippen molar-refractivity contribution in [3.63, 3.8) is 0 Å². The summed E-state index contributed by atoms with van der Waals surface area (Å²) in [7, 11) is 0. The van der Waals surface area contributed by atoms with Crippen molar-refractivity contribution in [2.45, 2.75) is 0 Å². The molecule has 0 aliphatic carbocycles. The number of amides is 1. The van der Waals surface area contributed by atoms with Gasteiger partial charge in [-0.25, -0.2) is 8.78 Å². The Labute approximate surface area is 139 Å². The minimum absolute atomic E-state index is 0.0189. The van der Waals surface area contributed by atoms with Gasteiger partial charge < -0.3 is 14.5 Å². The molecule has 1 saturated heterocycles. The molecular weight excluding hydrogens is 314 g/mol. The zero-order valence-electron chi connectivity index (χ0n) is 13.1. The van der Waals surface area contributed by atoms with Crippen molar-refractivity contribution in [2.24, 2.45) is 0 Å². The van der Waals surface area contributed by atoms with Gasteiger partial charge in [-0.1, -0.05) is 18.2 Å². The minimum atomic E-state index is -0.594. The van der Waals surface area contributed by atoms with E-state index in [4.69, 9.17) is 4.74 Å². The molecule has 1 amide bonds. The van der Waals surface area contributed by atoms with E-state index in [0.717, 1.165) is 6.07 Å². The molecule has 0 radical (unpaired) electrons. The lowest BCUT2D eigenvalue weighted by Crippen LogP contribution is -2.50.